The molecule has 5 nitrogen and oxygen atoms in total. The molecule has 1 saturated heterocycles. The second kappa shape index (κ2) is 7.72. The molecular weight excluding hydrogens is 332 g/mol. The lowest BCUT2D eigenvalue weighted by molar-refractivity contribution is -0.137. The molecule has 0 aromatic heterocycles. The number of hydrogen-bond donors (Lipinski definition) is 2. The first-order valence-corrected chi connectivity index (χ1v) is 7.88. The van der Waals surface area contributed by atoms with Crippen LogP contribution in [-0.4, -0.2) is 21.3 Å². The van der Waals surface area contributed by atoms with Gasteiger partial charge in [0.2, 0.25) is 0 Å². The molecule has 2 rings (SSSR count). The number of aliphatic carboxylic acids is 1. The van der Waals surface area contributed by atoms with Crippen LogP contribution in [0.4, 0.5) is 0 Å². The highest BCUT2D eigenvalue weighted by molar-refractivity contribution is 8.26. The van der Waals surface area contributed by atoms with Crippen molar-refractivity contribution in [2.45, 2.75) is 12.8 Å². The highest BCUT2D eigenvalue weighted by Gasteiger charge is 2.25. The number of amides is 1. The Bertz CT molecular complexity index is 759. The van der Waals surface area contributed by atoms with E-state index in [4.69, 9.17) is 22.6 Å². The Morgan fingerprint density at radius 2 is 2.04 bits per heavy atom. The SMILES string of the molecule is N#Cc1ccc(C=CC(CCC(=O)O)=C2SC(=S)NC2=O)cc1. The summed E-state index contributed by atoms with van der Waals surface area (Å²) in [4.78, 5) is 23.1. The number of nitrogens with one attached hydrogen (secondary N) is 1. The number of nitriles is 1. The van der Waals surface area contributed by atoms with E-state index in [-0.39, 0.29) is 18.7 Å². The van der Waals surface area contributed by atoms with Crippen molar-refractivity contribution in [3.63, 3.8) is 0 Å². The van der Waals surface area contributed by atoms with E-state index >= 15 is 0 Å². The van der Waals surface area contributed by atoms with E-state index in [1.165, 1.54) is 0 Å². The maximum Gasteiger partial charge on any atom is 0.303 e. The molecule has 0 radical (unpaired) electrons. The predicted octanol–water partition coefficient (Wildman–Crippen LogP) is 2.84. The van der Waals surface area contributed by atoms with E-state index < -0.39 is 5.97 Å². The molecule has 0 bridgehead atoms. The van der Waals surface area contributed by atoms with Crippen LogP contribution < -0.4 is 5.32 Å². The molecule has 1 aliphatic heterocycles. The highest BCUT2D eigenvalue weighted by atomic mass is 32.2. The third-order valence-corrected chi connectivity index (χ3v) is 4.32. The number of rotatable bonds is 5. The van der Waals surface area contributed by atoms with E-state index in [9.17, 15) is 9.59 Å². The fraction of sp³-hybridized carbons (Fsp3) is 0.125. The van der Waals surface area contributed by atoms with E-state index in [1.807, 2.05) is 6.07 Å². The number of carbonyl (C=O) groups is 2. The zero-order valence-corrected chi connectivity index (χ0v) is 13.5. The minimum Gasteiger partial charge on any atom is -0.481 e. The summed E-state index contributed by atoms with van der Waals surface area (Å²) >= 11 is 6.10. The predicted molar refractivity (Wildman–Crippen MR) is 92.4 cm³/mol. The topological polar surface area (TPSA) is 90.2 Å². The van der Waals surface area contributed by atoms with E-state index in [0.717, 1.165) is 17.3 Å². The maximum absolute atomic E-state index is 11.9. The second-order valence-electron chi connectivity index (χ2n) is 4.66. The summed E-state index contributed by atoms with van der Waals surface area (Å²) in [6.07, 6.45) is 3.67. The zero-order valence-electron chi connectivity index (χ0n) is 11.9. The van der Waals surface area contributed by atoms with Crippen LogP contribution >= 0.6 is 24.0 Å². The number of benzene rings is 1. The lowest BCUT2D eigenvalue weighted by Gasteiger charge is -2.03. The van der Waals surface area contributed by atoms with Crippen molar-refractivity contribution in [1.82, 2.24) is 5.32 Å². The van der Waals surface area contributed by atoms with Gasteiger partial charge in [0, 0.05) is 6.42 Å². The van der Waals surface area contributed by atoms with Crippen LogP contribution in [0.5, 0.6) is 0 Å². The minimum absolute atomic E-state index is 0.0723. The number of carboxylic acids is 1. The molecule has 23 heavy (non-hydrogen) atoms. The number of carboxylic acid groups (broad SMARTS) is 1. The first kappa shape index (κ1) is 16.9. The van der Waals surface area contributed by atoms with Gasteiger partial charge in [-0.05, 0) is 29.7 Å². The summed E-state index contributed by atoms with van der Waals surface area (Å²) < 4.78 is 0.365. The van der Waals surface area contributed by atoms with Crippen molar-refractivity contribution >= 4 is 46.3 Å². The van der Waals surface area contributed by atoms with Crippen molar-refractivity contribution in [3.05, 3.63) is 51.9 Å². The molecule has 1 heterocycles. The third-order valence-electron chi connectivity index (χ3n) is 3.03. The Labute approximate surface area is 142 Å². The van der Waals surface area contributed by atoms with E-state index in [2.05, 4.69) is 5.32 Å². The van der Waals surface area contributed by atoms with E-state index in [0.29, 0.717) is 20.4 Å². The molecular formula is C16H12N2O3S2. The highest BCUT2D eigenvalue weighted by Crippen LogP contribution is 2.30. The number of nitrogens with zero attached hydrogens (tertiary/aromatic N) is 1. The zero-order chi connectivity index (χ0) is 16.8. The fourth-order valence-electron chi connectivity index (χ4n) is 1.91. The summed E-state index contributed by atoms with van der Waals surface area (Å²) in [5.41, 5.74) is 2.03. The standard InChI is InChI=1S/C16H12N2O3S2/c17-9-11-3-1-10(2-4-11)5-6-12(7-8-13(19)20)14-15(21)18-16(22)23-14/h1-6H,7-8H2,(H,19,20)(H,18,21,22). The maximum atomic E-state index is 11.9. The Balaban J connectivity index is 2.26. The van der Waals surface area contributed by atoms with Gasteiger partial charge in [-0.2, -0.15) is 5.26 Å². The molecule has 0 aliphatic carbocycles. The van der Waals surface area contributed by atoms with Crippen molar-refractivity contribution in [2.75, 3.05) is 0 Å². The molecule has 1 fully saturated rings. The molecule has 0 saturated carbocycles. The molecule has 7 heteroatoms. The molecule has 0 atom stereocenters. The monoisotopic (exact) mass is 344 g/mol. The number of hydrogen-bond acceptors (Lipinski definition) is 5. The Morgan fingerprint density at radius 3 is 2.57 bits per heavy atom. The minimum atomic E-state index is -0.930. The van der Waals surface area contributed by atoms with Crippen LogP contribution in [0.2, 0.25) is 0 Å². The number of thioether (sulfide) groups is 1. The van der Waals surface area contributed by atoms with Crippen LogP contribution in [0.25, 0.3) is 6.08 Å². The first-order chi connectivity index (χ1) is 11.0. The molecule has 2 N–H and O–H groups in total. The number of thiocarbonyl (C=S) groups is 1. The van der Waals surface area contributed by atoms with Gasteiger partial charge in [0.15, 0.2) is 0 Å². The lowest BCUT2D eigenvalue weighted by Crippen LogP contribution is -2.18. The van der Waals surface area contributed by atoms with Crippen LogP contribution in [0.1, 0.15) is 24.0 Å². The summed E-state index contributed by atoms with van der Waals surface area (Å²) in [6, 6.07) is 8.98. The molecule has 116 valence electrons. The lowest BCUT2D eigenvalue weighted by atomic mass is 10.1. The van der Waals surface area contributed by atoms with Gasteiger partial charge in [0.25, 0.3) is 5.91 Å². The van der Waals surface area contributed by atoms with Crippen molar-refractivity contribution in [1.29, 1.82) is 5.26 Å². The van der Waals surface area contributed by atoms with Crippen molar-refractivity contribution < 1.29 is 14.7 Å². The largest absolute Gasteiger partial charge is 0.481 e. The molecule has 1 aromatic rings. The molecule has 1 aliphatic rings. The third kappa shape index (κ3) is 4.77. The normalized spacial score (nSPS) is 16.3. The Morgan fingerprint density at radius 1 is 1.35 bits per heavy atom. The van der Waals surface area contributed by atoms with Gasteiger partial charge in [0.1, 0.15) is 4.32 Å². The molecule has 0 spiro atoms. The first-order valence-electron chi connectivity index (χ1n) is 6.66. The van der Waals surface area contributed by atoms with E-state index in [1.54, 1.807) is 36.4 Å². The average molecular weight is 344 g/mol. The van der Waals surface area contributed by atoms with Crippen LogP contribution in [0.3, 0.4) is 0 Å². The summed E-state index contributed by atoms with van der Waals surface area (Å²) in [6.45, 7) is 0. The van der Waals surface area contributed by atoms with Crippen molar-refractivity contribution in [2.24, 2.45) is 0 Å². The molecule has 1 amide bonds. The fourth-order valence-corrected chi connectivity index (χ4v) is 3.02. The summed E-state index contributed by atoms with van der Waals surface area (Å²) in [5.74, 6) is -1.23. The van der Waals surface area contributed by atoms with Gasteiger partial charge in [0.05, 0.1) is 16.5 Å². The second-order valence-corrected chi connectivity index (χ2v) is 6.35. The van der Waals surface area contributed by atoms with Gasteiger partial charge < -0.3 is 10.4 Å². The average Bonchev–Trinajstić information content (AvgIpc) is 2.86. The number of carbonyl (C=O) groups excluding carboxylic acids is 1. The van der Waals surface area contributed by atoms with Crippen LogP contribution in [0.15, 0.2) is 40.8 Å². The van der Waals surface area contributed by atoms with Gasteiger partial charge in [-0.25, -0.2) is 0 Å². The summed E-state index contributed by atoms with van der Waals surface area (Å²) in [5, 5.41) is 20.2. The number of allylic oxidation sites excluding steroid dienone is 2. The van der Waals surface area contributed by atoms with Gasteiger partial charge in [-0.1, -0.05) is 48.3 Å². The van der Waals surface area contributed by atoms with Crippen molar-refractivity contribution in [3.8, 4) is 6.07 Å². The molecule has 0 unspecified atom stereocenters. The smallest absolute Gasteiger partial charge is 0.303 e. The summed E-state index contributed by atoms with van der Waals surface area (Å²) in [7, 11) is 0. The van der Waals surface area contributed by atoms with Gasteiger partial charge in [-0.3, -0.25) is 9.59 Å². The Kier molecular flexibility index (Phi) is 5.68. The van der Waals surface area contributed by atoms with Gasteiger partial charge in [-0.15, -0.1) is 0 Å². The quantitative estimate of drug-likeness (QED) is 0.630. The molecule has 1 aromatic carbocycles. The van der Waals surface area contributed by atoms with Gasteiger partial charge >= 0.3 is 5.97 Å². The van der Waals surface area contributed by atoms with Crippen LogP contribution in [-0.2, 0) is 9.59 Å². The Hall–Kier alpha value is -2.43. The van der Waals surface area contributed by atoms with Crippen LogP contribution in [0, 0.1) is 11.3 Å².